The standard InChI is InChI=1S/C12H13BrN4S/c1-7-11(14-3)16-8(2)17-12(7)18-10-5-4-9(13)6-15-10/h4-6H,1-3H3,(H,14,16,17). The van der Waals surface area contributed by atoms with Gasteiger partial charge < -0.3 is 5.32 Å². The van der Waals surface area contributed by atoms with Gasteiger partial charge in [-0.25, -0.2) is 15.0 Å². The molecule has 2 aromatic rings. The smallest absolute Gasteiger partial charge is 0.133 e. The fraction of sp³-hybridized carbons (Fsp3) is 0.250. The molecule has 18 heavy (non-hydrogen) atoms. The number of rotatable bonds is 3. The van der Waals surface area contributed by atoms with Gasteiger partial charge in [-0.1, -0.05) is 0 Å². The van der Waals surface area contributed by atoms with Crippen molar-refractivity contribution in [3.63, 3.8) is 0 Å². The minimum atomic E-state index is 0.754. The molecule has 0 atom stereocenters. The molecule has 4 nitrogen and oxygen atoms in total. The molecule has 2 rings (SSSR count). The number of pyridine rings is 1. The van der Waals surface area contributed by atoms with Crippen molar-refractivity contribution >= 4 is 33.5 Å². The van der Waals surface area contributed by atoms with Crippen LogP contribution in [0.25, 0.3) is 0 Å². The molecule has 2 aromatic heterocycles. The predicted molar refractivity (Wildman–Crippen MR) is 77.1 cm³/mol. The lowest BCUT2D eigenvalue weighted by Gasteiger charge is -2.09. The summed E-state index contributed by atoms with van der Waals surface area (Å²) in [5.74, 6) is 1.62. The Labute approximate surface area is 119 Å². The lowest BCUT2D eigenvalue weighted by Crippen LogP contribution is -2.02. The Bertz CT molecular complexity index is 557. The Morgan fingerprint density at radius 2 is 2.00 bits per heavy atom. The number of hydrogen-bond acceptors (Lipinski definition) is 5. The number of nitrogens with zero attached hydrogens (tertiary/aromatic N) is 3. The average Bonchev–Trinajstić information content (AvgIpc) is 2.36. The van der Waals surface area contributed by atoms with E-state index in [0.29, 0.717) is 0 Å². The zero-order valence-electron chi connectivity index (χ0n) is 10.4. The van der Waals surface area contributed by atoms with Crippen LogP contribution in [0, 0.1) is 13.8 Å². The average molecular weight is 325 g/mol. The van der Waals surface area contributed by atoms with Gasteiger partial charge in [-0.05, 0) is 53.7 Å². The molecule has 0 unspecified atom stereocenters. The molecule has 0 aliphatic carbocycles. The van der Waals surface area contributed by atoms with Crippen LogP contribution in [0.5, 0.6) is 0 Å². The first-order chi connectivity index (χ1) is 8.60. The molecule has 2 heterocycles. The summed E-state index contributed by atoms with van der Waals surface area (Å²) in [5, 5.41) is 4.93. The van der Waals surface area contributed by atoms with E-state index in [-0.39, 0.29) is 0 Å². The first-order valence-corrected chi connectivity index (χ1v) is 7.03. The fourth-order valence-electron chi connectivity index (χ4n) is 1.47. The molecule has 0 aliphatic rings. The predicted octanol–water partition coefficient (Wildman–Crippen LogP) is 3.44. The monoisotopic (exact) mass is 324 g/mol. The number of nitrogens with one attached hydrogen (secondary N) is 1. The lowest BCUT2D eigenvalue weighted by molar-refractivity contribution is 0.937. The van der Waals surface area contributed by atoms with Crippen molar-refractivity contribution in [1.82, 2.24) is 15.0 Å². The van der Waals surface area contributed by atoms with Crippen LogP contribution in [0.2, 0.25) is 0 Å². The molecule has 0 amide bonds. The van der Waals surface area contributed by atoms with E-state index in [1.54, 1.807) is 18.0 Å². The highest BCUT2D eigenvalue weighted by atomic mass is 79.9. The van der Waals surface area contributed by atoms with Crippen molar-refractivity contribution < 1.29 is 0 Å². The third-order valence-corrected chi connectivity index (χ3v) is 3.86. The van der Waals surface area contributed by atoms with E-state index >= 15 is 0 Å². The van der Waals surface area contributed by atoms with Crippen LogP contribution >= 0.6 is 27.7 Å². The van der Waals surface area contributed by atoms with Crippen molar-refractivity contribution in [3.05, 3.63) is 34.2 Å². The highest BCUT2D eigenvalue weighted by Crippen LogP contribution is 2.30. The molecule has 0 fully saturated rings. The molecule has 6 heteroatoms. The summed E-state index contributed by atoms with van der Waals surface area (Å²) in [6.07, 6.45) is 1.78. The van der Waals surface area contributed by atoms with Gasteiger partial charge in [0.25, 0.3) is 0 Å². The maximum Gasteiger partial charge on any atom is 0.133 e. The van der Waals surface area contributed by atoms with Gasteiger partial charge in [-0.2, -0.15) is 0 Å². The third-order valence-electron chi connectivity index (χ3n) is 2.35. The summed E-state index contributed by atoms with van der Waals surface area (Å²) in [4.78, 5) is 13.1. The van der Waals surface area contributed by atoms with Gasteiger partial charge in [0, 0.05) is 23.3 Å². The molecule has 94 valence electrons. The van der Waals surface area contributed by atoms with Gasteiger partial charge in [0.2, 0.25) is 0 Å². The number of anilines is 1. The number of hydrogen-bond donors (Lipinski definition) is 1. The van der Waals surface area contributed by atoms with Gasteiger partial charge in [0.15, 0.2) is 0 Å². The zero-order valence-corrected chi connectivity index (χ0v) is 12.8. The number of aryl methyl sites for hydroxylation is 1. The zero-order chi connectivity index (χ0) is 13.1. The Hall–Kier alpha value is -1.14. The fourth-order valence-corrected chi connectivity index (χ4v) is 2.57. The number of aromatic nitrogens is 3. The SMILES string of the molecule is CNc1nc(C)nc(Sc2ccc(Br)cn2)c1C. The second-order valence-electron chi connectivity index (χ2n) is 3.72. The molecule has 0 radical (unpaired) electrons. The number of halogens is 1. The normalized spacial score (nSPS) is 10.4. The second kappa shape index (κ2) is 5.67. The Kier molecular flexibility index (Phi) is 4.19. The van der Waals surface area contributed by atoms with Crippen LogP contribution in [0.15, 0.2) is 32.9 Å². The minimum absolute atomic E-state index is 0.754. The topological polar surface area (TPSA) is 50.7 Å². The summed E-state index contributed by atoms with van der Waals surface area (Å²) in [6.45, 7) is 3.89. The van der Waals surface area contributed by atoms with E-state index in [9.17, 15) is 0 Å². The Morgan fingerprint density at radius 1 is 1.22 bits per heavy atom. The first kappa shape index (κ1) is 13.3. The van der Waals surface area contributed by atoms with Crippen molar-refractivity contribution in [2.24, 2.45) is 0 Å². The maximum atomic E-state index is 4.46. The summed E-state index contributed by atoms with van der Waals surface area (Å²) in [7, 11) is 1.86. The second-order valence-corrected chi connectivity index (χ2v) is 5.64. The molecule has 1 N–H and O–H groups in total. The van der Waals surface area contributed by atoms with Crippen LogP contribution in [-0.4, -0.2) is 22.0 Å². The molecular weight excluding hydrogens is 312 g/mol. The van der Waals surface area contributed by atoms with Crippen molar-refractivity contribution in [2.45, 2.75) is 23.9 Å². The van der Waals surface area contributed by atoms with Crippen LogP contribution in [0.4, 0.5) is 5.82 Å². The molecule has 0 aliphatic heterocycles. The van der Waals surface area contributed by atoms with Crippen LogP contribution in [0.1, 0.15) is 11.4 Å². The van der Waals surface area contributed by atoms with Gasteiger partial charge in [-0.3, -0.25) is 0 Å². The highest BCUT2D eigenvalue weighted by molar-refractivity contribution is 9.10. The minimum Gasteiger partial charge on any atom is -0.373 e. The third kappa shape index (κ3) is 3.00. The quantitative estimate of drug-likeness (QED) is 0.876. The molecule has 0 saturated heterocycles. The van der Waals surface area contributed by atoms with E-state index in [2.05, 4.69) is 36.2 Å². The van der Waals surface area contributed by atoms with Crippen molar-refractivity contribution in [1.29, 1.82) is 0 Å². The summed E-state index contributed by atoms with van der Waals surface area (Å²) in [6, 6.07) is 3.93. The van der Waals surface area contributed by atoms with E-state index < -0.39 is 0 Å². The first-order valence-electron chi connectivity index (χ1n) is 5.42. The van der Waals surface area contributed by atoms with E-state index in [0.717, 1.165) is 31.7 Å². The van der Waals surface area contributed by atoms with E-state index in [4.69, 9.17) is 0 Å². The lowest BCUT2D eigenvalue weighted by atomic mass is 10.3. The Balaban J connectivity index is 2.34. The summed E-state index contributed by atoms with van der Waals surface area (Å²) < 4.78 is 0.971. The van der Waals surface area contributed by atoms with E-state index in [1.165, 1.54) is 0 Å². The van der Waals surface area contributed by atoms with Crippen LogP contribution in [0.3, 0.4) is 0 Å². The Morgan fingerprint density at radius 3 is 2.61 bits per heavy atom. The van der Waals surface area contributed by atoms with Crippen LogP contribution in [-0.2, 0) is 0 Å². The van der Waals surface area contributed by atoms with Crippen molar-refractivity contribution in [2.75, 3.05) is 12.4 Å². The summed E-state index contributed by atoms with van der Waals surface area (Å²) in [5.41, 5.74) is 1.04. The molecule has 0 saturated carbocycles. The maximum absolute atomic E-state index is 4.46. The molecule has 0 aromatic carbocycles. The molecule has 0 bridgehead atoms. The molecule has 0 spiro atoms. The van der Waals surface area contributed by atoms with E-state index in [1.807, 2.05) is 33.0 Å². The molecular formula is C12H13BrN4S. The van der Waals surface area contributed by atoms with Crippen LogP contribution < -0.4 is 5.32 Å². The highest BCUT2D eigenvalue weighted by Gasteiger charge is 2.10. The summed E-state index contributed by atoms with van der Waals surface area (Å²) >= 11 is 4.92. The van der Waals surface area contributed by atoms with Gasteiger partial charge in [0.1, 0.15) is 21.7 Å². The van der Waals surface area contributed by atoms with Gasteiger partial charge in [-0.15, -0.1) is 0 Å². The largest absolute Gasteiger partial charge is 0.373 e. The van der Waals surface area contributed by atoms with Crippen molar-refractivity contribution in [3.8, 4) is 0 Å². The van der Waals surface area contributed by atoms with Gasteiger partial charge >= 0.3 is 0 Å². The van der Waals surface area contributed by atoms with Gasteiger partial charge in [0.05, 0.1) is 0 Å².